The van der Waals surface area contributed by atoms with Crippen molar-refractivity contribution < 1.29 is 96.5 Å². The Hall–Kier alpha value is -14.2. The Morgan fingerprint density at radius 2 is 0.978 bits per heavy atom. The van der Waals surface area contributed by atoms with E-state index in [-0.39, 0.29) is 108 Å². The third-order valence-corrected chi connectivity index (χ3v) is 25.0. The molecule has 0 bridgehead atoms. The molecular weight excluding hydrogens is 1770 g/mol. The first kappa shape index (κ1) is 104. The predicted octanol–water partition coefficient (Wildman–Crippen LogP) is -4.07. The van der Waals surface area contributed by atoms with Gasteiger partial charge < -0.3 is 131 Å². The number of para-hydroxylation sites is 2. The molecule has 46 heteroatoms. The number of aliphatic hydroxyl groups excluding tert-OH is 1. The fourth-order valence-electron chi connectivity index (χ4n) is 16.5. The summed E-state index contributed by atoms with van der Waals surface area (Å²) in [6, 6.07) is -2.78. The lowest BCUT2D eigenvalue weighted by Gasteiger charge is -2.36. The molecule has 0 aliphatic carbocycles. The Bertz CT molecular complexity index is 5260. The molecule has 3 saturated heterocycles. The second-order valence-electron chi connectivity index (χ2n) is 33.8. The minimum Gasteiger partial charge on any atom is -0.508 e. The number of phenols is 1. The van der Waals surface area contributed by atoms with E-state index >= 15 is 33.6 Å². The van der Waals surface area contributed by atoms with Crippen molar-refractivity contribution in [2.45, 2.75) is 221 Å². The summed E-state index contributed by atoms with van der Waals surface area (Å²) >= 11 is 0.752. The zero-order valence-corrected chi connectivity index (χ0v) is 77.0. The van der Waals surface area contributed by atoms with Gasteiger partial charge >= 0.3 is 0 Å². The molecule has 9 rings (SSSR count). The fourth-order valence-corrected chi connectivity index (χ4v) is 17.4. The van der Waals surface area contributed by atoms with Crippen molar-refractivity contribution in [3.63, 3.8) is 0 Å². The van der Waals surface area contributed by atoms with Gasteiger partial charge in [0, 0.05) is 118 Å². The maximum atomic E-state index is 15.7. The van der Waals surface area contributed by atoms with Crippen molar-refractivity contribution in [3.8, 4) is 5.75 Å². The minimum atomic E-state index is -1.89. The summed E-state index contributed by atoms with van der Waals surface area (Å²) in [5.74, 6) is -19.2. The molecule has 14 atom stereocenters. The maximum absolute atomic E-state index is 15.7. The van der Waals surface area contributed by atoms with Gasteiger partial charge in [0.05, 0.1) is 38.1 Å². The van der Waals surface area contributed by atoms with Crippen LogP contribution in [0.4, 0.5) is 0 Å². The number of aromatic nitrogens is 4. The third-order valence-electron chi connectivity index (χ3n) is 24.0. The molecule has 0 radical (unpaired) electrons. The lowest BCUT2D eigenvalue weighted by atomic mass is 10.00. The highest BCUT2D eigenvalue weighted by molar-refractivity contribution is 8.00. The minimum absolute atomic E-state index is 0.0167. The molecule has 3 fully saturated rings. The number of nitrogens with two attached hydrogens (primary N) is 4. The highest BCUT2D eigenvalue weighted by Gasteiger charge is 2.46. The molecule has 3 aliphatic rings. The van der Waals surface area contributed by atoms with Crippen LogP contribution in [0, 0.1) is 5.41 Å². The Kier molecular flexibility index (Phi) is 38.7. The maximum Gasteiger partial charge on any atom is 0.246 e. The lowest BCUT2D eigenvalue weighted by molar-refractivity contribution is -0.149. The van der Waals surface area contributed by atoms with Gasteiger partial charge in [-0.05, 0) is 99.2 Å². The van der Waals surface area contributed by atoms with Gasteiger partial charge in [-0.25, -0.2) is 4.98 Å². The van der Waals surface area contributed by atoms with Gasteiger partial charge in [-0.1, -0.05) is 88.1 Å². The summed E-state index contributed by atoms with van der Waals surface area (Å²) in [4.78, 5) is 281. The first-order valence-electron chi connectivity index (χ1n) is 44.8. The zero-order valence-electron chi connectivity index (χ0n) is 76.1. The number of fused-ring (bicyclic) bond motifs is 4. The van der Waals surface area contributed by atoms with E-state index in [4.69, 9.17) is 28.3 Å². The number of amides is 18. The molecule has 730 valence electrons. The average Bonchev–Trinajstić information content (AvgIpc) is 1.75. The molecule has 6 aromatic rings. The van der Waals surface area contributed by atoms with Gasteiger partial charge in [-0.15, -0.1) is 11.8 Å². The number of nitrogens with one attached hydrogen (secondary N) is 15. The topological polar surface area (TPSA) is 684 Å². The molecule has 0 spiro atoms. The molecule has 45 nitrogen and oxygen atoms in total. The number of likely N-dealkylation sites (N-methyl/N-ethyl adjacent to an activating group) is 3. The molecule has 2 unspecified atom stereocenters. The Morgan fingerprint density at radius 1 is 0.496 bits per heavy atom. The molecule has 25 N–H and O–H groups in total. The number of primary amides is 3. The van der Waals surface area contributed by atoms with Crippen LogP contribution in [0.3, 0.4) is 0 Å². The Labute approximate surface area is 782 Å². The van der Waals surface area contributed by atoms with Crippen LogP contribution in [0.25, 0.3) is 21.8 Å². The van der Waals surface area contributed by atoms with Crippen LogP contribution in [0.1, 0.15) is 133 Å². The highest BCUT2D eigenvalue weighted by atomic mass is 32.2. The van der Waals surface area contributed by atoms with E-state index in [1.165, 1.54) is 64.9 Å². The summed E-state index contributed by atoms with van der Waals surface area (Å²) < 4.78 is 0. The number of unbranched alkanes of at least 4 members (excludes halogenated alkanes) is 2. The van der Waals surface area contributed by atoms with Crippen molar-refractivity contribution in [1.29, 1.82) is 5.41 Å². The number of guanidine groups is 1. The monoisotopic (exact) mass is 1890 g/mol. The van der Waals surface area contributed by atoms with Gasteiger partial charge in [0.1, 0.15) is 90.3 Å². The van der Waals surface area contributed by atoms with Crippen molar-refractivity contribution in [3.05, 3.63) is 120 Å². The number of H-pyrrole nitrogens is 3. The number of thioether (sulfide) groups is 1. The van der Waals surface area contributed by atoms with Crippen LogP contribution >= 0.6 is 11.8 Å². The number of hydrogen-bond donors (Lipinski definition) is 21. The van der Waals surface area contributed by atoms with E-state index in [2.05, 4.69) is 78.4 Å². The third kappa shape index (κ3) is 29.1. The number of carbonyl (C=O) groups is 18. The van der Waals surface area contributed by atoms with Gasteiger partial charge in [0.15, 0.2) is 5.96 Å². The number of benzene rings is 3. The van der Waals surface area contributed by atoms with Crippen molar-refractivity contribution in [2.24, 2.45) is 22.9 Å². The van der Waals surface area contributed by atoms with Crippen LogP contribution < -0.4 is 81.4 Å². The number of hydrogen-bond acceptors (Lipinski definition) is 23. The number of aliphatic hydroxyl groups is 1. The van der Waals surface area contributed by atoms with E-state index in [9.17, 15) is 63.0 Å². The SMILES string of the molecule is CCCC[C@H]1C(=O)N(C)[C@@H](CCCC)C(=O)N[C@@H](CCCNC(=N)N)C(=O)NC(C(=O)NCC(N)=O)CSCC(=O)N[C@@H](Cc2ccc(O)cc2)C(=O)N(C)[C@@H](C)C(=O)N[C@@H](CC(N)=O)C(=O)N2CCC[C@H]2C(=O)N[C@@H](Cc2cnc[nH]2)C(=O)NC(CC(N)=O)C(=O)N2CCC[C@H]2C(=O)N[C@@H](Cc2c[nH]c3ccccc23)C(=O)N[C@@H](CO)C(=O)N[C@@H](Cc2c[nH]c3ccccc23)C(=O)N1C. The molecule has 6 heterocycles. The number of carbonyl (C=O) groups excluding carboxylic acids is 18. The quantitative estimate of drug-likeness (QED) is 0.0140. The number of nitrogens with zero attached hydrogens (tertiary/aromatic N) is 6. The van der Waals surface area contributed by atoms with Gasteiger partial charge in [0.2, 0.25) is 106 Å². The largest absolute Gasteiger partial charge is 0.508 e. The smallest absolute Gasteiger partial charge is 0.246 e. The number of aromatic amines is 3. The predicted molar refractivity (Wildman–Crippen MR) is 493 cm³/mol. The molecule has 18 amide bonds. The normalized spacial score (nSPS) is 24.1. The van der Waals surface area contributed by atoms with E-state index in [1.807, 2.05) is 13.8 Å². The van der Waals surface area contributed by atoms with E-state index < -0.39 is 234 Å². The summed E-state index contributed by atoms with van der Waals surface area (Å²) in [5, 5.41) is 59.2. The van der Waals surface area contributed by atoms with Crippen LogP contribution in [-0.4, -0.2) is 317 Å². The number of aromatic hydroxyl groups is 1. The lowest BCUT2D eigenvalue weighted by Crippen LogP contribution is -2.62. The molecular formula is C89H123N25O20S. The molecule has 135 heavy (non-hydrogen) atoms. The first-order chi connectivity index (χ1) is 64.4. The van der Waals surface area contributed by atoms with Crippen LogP contribution in [0.5, 0.6) is 5.75 Å². The molecule has 3 aromatic heterocycles. The van der Waals surface area contributed by atoms with Crippen molar-refractivity contribution in [1.82, 2.24) is 103 Å². The first-order valence-corrected chi connectivity index (χ1v) is 45.9. The standard InChI is InChI=1S/C89H123N25O20S/c1-7-9-23-67-81(127)102-58(22-15-31-96-89(93)94)77(123)109-66(76(122)99-43-73(92)119)45-135-46-74(120)101-61(34-49-27-29-53(116)30-28-49)84(130)110(4)48(3)75(121)105-63(38-71(90)117)86(132)113-32-17-26-69(113)83(129)104-60(37-52-42-95-47-100-52)79(125)107-64(39-72(91)118)87(133)114-33-16-25-68(114)82(128)103-59(35-50-40-97-56-20-13-11-18-54(50)56)78(124)108-65(44-115)80(126)106-62(36-51-41-98-57-21-14-12-19-55(51)57)85(131)112(6)70(24-10-8-2)88(134)111(67)5/h11-14,18-21,27-30,40-42,47-48,58-70,97-98,115-116H,7-10,15-17,22-26,31-39,43-46H2,1-6H3,(H2,90,117)(H2,91,118)(H2,92,119)(H,95,100)(H,99,122)(H,101,120)(H,102,127)(H,103,128)(H,104,129)(H,105,121)(H,106,126)(H,107,125)(H,108,124)(H,109,123)(H4,93,94,96)/t48-,58-,59-,60-,61-,62-,63-,64?,65-,66?,67-,68-,69-,70-/m0/s1. The molecule has 3 aliphatic heterocycles. The summed E-state index contributed by atoms with van der Waals surface area (Å²) in [6.45, 7) is 2.75. The summed E-state index contributed by atoms with van der Waals surface area (Å²) in [6.07, 6.45) is 4.42. The zero-order chi connectivity index (χ0) is 98.4. The van der Waals surface area contributed by atoms with E-state index in [0.29, 0.717) is 64.2 Å². The second-order valence-corrected chi connectivity index (χ2v) is 34.8. The number of phenolic OH excluding ortho intramolecular Hbond substituents is 1. The number of imidazole rings is 1. The van der Waals surface area contributed by atoms with Crippen LogP contribution in [0.2, 0.25) is 0 Å². The van der Waals surface area contributed by atoms with E-state index in [1.54, 1.807) is 60.9 Å². The number of rotatable bonds is 26. The molecule has 0 saturated carbocycles. The summed E-state index contributed by atoms with van der Waals surface area (Å²) in [7, 11) is 3.88. The Morgan fingerprint density at radius 3 is 1.51 bits per heavy atom. The van der Waals surface area contributed by atoms with Crippen LogP contribution in [-0.2, 0) is 112 Å². The van der Waals surface area contributed by atoms with Crippen LogP contribution in [0.15, 0.2) is 97.7 Å². The van der Waals surface area contributed by atoms with Crippen molar-refractivity contribution >= 4 is 146 Å². The van der Waals surface area contributed by atoms with Gasteiger partial charge in [0.25, 0.3) is 0 Å². The highest BCUT2D eigenvalue weighted by Crippen LogP contribution is 2.28. The van der Waals surface area contributed by atoms with Crippen molar-refractivity contribution in [2.75, 3.05) is 65.4 Å². The Balaban J connectivity index is 1.10. The van der Waals surface area contributed by atoms with Gasteiger partial charge in [-0.3, -0.25) is 91.7 Å². The average molecular weight is 1900 g/mol. The molecule has 3 aromatic carbocycles. The second kappa shape index (κ2) is 50.0. The fraction of sp³-hybridized carbons (Fsp3) is 0.506. The van der Waals surface area contributed by atoms with Gasteiger partial charge in [-0.2, -0.15) is 0 Å². The summed E-state index contributed by atoms with van der Waals surface area (Å²) in [5.41, 5.74) is 25.4. The van der Waals surface area contributed by atoms with E-state index in [0.717, 1.165) is 36.3 Å².